The van der Waals surface area contributed by atoms with E-state index in [0.29, 0.717) is 11.8 Å². The normalized spacial score (nSPS) is 43.1. The van der Waals surface area contributed by atoms with Crippen LogP contribution in [0.5, 0.6) is 0 Å². The minimum atomic E-state index is -0.616. The second kappa shape index (κ2) is 4.57. The first-order valence-corrected chi connectivity index (χ1v) is 7.70. The monoisotopic (exact) mass is 306 g/mol. The van der Waals surface area contributed by atoms with E-state index >= 15 is 0 Å². The van der Waals surface area contributed by atoms with Crippen molar-refractivity contribution >= 4 is 17.9 Å². The fraction of sp³-hybridized carbons (Fsp3) is 0.688. The number of ether oxygens (including phenoxy) is 3. The highest BCUT2D eigenvalue weighted by atomic mass is 16.6. The zero-order chi connectivity index (χ0) is 15.6. The maximum Gasteiger partial charge on any atom is 0.344 e. The standard InChI is InChI=1S/C16H18O6/c1-6(2)15(18)20-5-10(17)21-13-9-4-7-3-8(7)12-11(9)14(13)22-16(12)19/h7-9,11-14H,1,3-5H2,2H3. The molecule has 118 valence electrons. The molecule has 1 saturated heterocycles. The summed E-state index contributed by atoms with van der Waals surface area (Å²) in [6.45, 7) is 4.52. The largest absolute Gasteiger partial charge is 0.458 e. The molecule has 3 aliphatic carbocycles. The van der Waals surface area contributed by atoms with Crippen LogP contribution in [0, 0.1) is 29.6 Å². The van der Waals surface area contributed by atoms with Gasteiger partial charge in [-0.15, -0.1) is 0 Å². The molecule has 0 radical (unpaired) electrons. The lowest BCUT2D eigenvalue weighted by atomic mass is 9.58. The number of hydrogen-bond acceptors (Lipinski definition) is 6. The third-order valence-electron chi connectivity index (χ3n) is 5.51. The predicted octanol–water partition coefficient (Wildman–Crippen LogP) is 0.845. The molecule has 7 atom stereocenters. The van der Waals surface area contributed by atoms with Crippen LogP contribution < -0.4 is 0 Å². The van der Waals surface area contributed by atoms with Crippen molar-refractivity contribution in [3.63, 3.8) is 0 Å². The predicted molar refractivity (Wildman–Crippen MR) is 72.2 cm³/mol. The van der Waals surface area contributed by atoms with E-state index in [1.165, 1.54) is 6.92 Å². The molecule has 6 heteroatoms. The minimum absolute atomic E-state index is 0.0185. The lowest BCUT2D eigenvalue weighted by molar-refractivity contribution is -0.198. The molecule has 22 heavy (non-hydrogen) atoms. The van der Waals surface area contributed by atoms with E-state index in [1.54, 1.807) is 0 Å². The minimum Gasteiger partial charge on any atom is -0.458 e. The van der Waals surface area contributed by atoms with Crippen molar-refractivity contribution in [1.29, 1.82) is 0 Å². The molecule has 0 bridgehead atoms. The molecule has 6 nitrogen and oxygen atoms in total. The van der Waals surface area contributed by atoms with Crippen LogP contribution in [-0.2, 0) is 28.6 Å². The lowest BCUT2D eigenvalue weighted by Crippen LogP contribution is -2.59. The van der Waals surface area contributed by atoms with Gasteiger partial charge in [0.2, 0.25) is 0 Å². The number of esters is 3. The summed E-state index contributed by atoms with van der Waals surface area (Å²) in [7, 11) is 0. The Morgan fingerprint density at radius 3 is 2.77 bits per heavy atom. The van der Waals surface area contributed by atoms with Crippen molar-refractivity contribution in [3.8, 4) is 0 Å². The van der Waals surface area contributed by atoms with Crippen molar-refractivity contribution in [2.24, 2.45) is 29.6 Å². The number of fused-ring (bicyclic) bond motifs is 2. The van der Waals surface area contributed by atoms with Crippen LogP contribution >= 0.6 is 0 Å². The molecule has 3 saturated carbocycles. The molecule has 4 fully saturated rings. The second-order valence-electron chi connectivity index (χ2n) is 6.87. The van der Waals surface area contributed by atoms with Gasteiger partial charge in [-0.2, -0.15) is 0 Å². The Labute approximate surface area is 127 Å². The van der Waals surface area contributed by atoms with Crippen LogP contribution in [0.1, 0.15) is 19.8 Å². The number of rotatable bonds is 4. The Morgan fingerprint density at radius 1 is 1.32 bits per heavy atom. The van der Waals surface area contributed by atoms with E-state index in [4.69, 9.17) is 14.2 Å². The van der Waals surface area contributed by atoms with Crippen LogP contribution in [0.25, 0.3) is 0 Å². The number of carbonyl (C=O) groups is 3. The molecule has 1 aliphatic heterocycles. The Hall–Kier alpha value is -1.85. The van der Waals surface area contributed by atoms with Crippen LogP contribution in [0.2, 0.25) is 0 Å². The van der Waals surface area contributed by atoms with E-state index in [2.05, 4.69) is 6.58 Å². The van der Waals surface area contributed by atoms with Gasteiger partial charge in [0.15, 0.2) is 6.61 Å². The van der Waals surface area contributed by atoms with Crippen molar-refractivity contribution in [1.82, 2.24) is 0 Å². The van der Waals surface area contributed by atoms with Gasteiger partial charge < -0.3 is 14.2 Å². The highest BCUT2D eigenvalue weighted by molar-refractivity contribution is 5.88. The van der Waals surface area contributed by atoms with Crippen molar-refractivity contribution in [2.75, 3.05) is 6.61 Å². The van der Waals surface area contributed by atoms with Crippen molar-refractivity contribution in [3.05, 3.63) is 12.2 Å². The zero-order valence-electron chi connectivity index (χ0n) is 12.3. The molecule has 4 rings (SSSR count). The molecule has 4 aliphatic rings. The highest BCUT2D eigenvalue weighted by Gasteiger charge is 2.72. The summed E-state index contributed by atoms with van der Waals surface area (Å²) in [5.74, 6) is 0.180. The third kappa shape index (κ3) is 1.89. The molecule has 0 N–H and O–H groups in total. The highest BCUT2D eigenvalue weighted by Crippen LogP contribution is 2.66. The van der Waals surface area contributed by atoms with Crippen molar-refractivity contribution in [2.45, 2.75) is 32.0 Å². The molecule has 0 aromatic rings. The maximum atomic E-state index is 12.0. The molecule has 1 heterocycles. The summed E-state index contributed by atoms with van der Waals surface area (Å²) < 4.78 is 15.6. The van der Waals surface area contributed by atoms with Crippen LogP contribution in [0.4, 0.5) is 0 Å². The van der Waals surface area contributed by atoms with Crippen LogP contribution in [0.15, 0.2) is 12.2 Å². The molecule has 0 spiro atoms. The average Bonchev–Trinajstić information content (AvgIpc) is 3.19. The first-order chi connectivity index (χ1) is 10.5. The average molecular weight is 306 g/mol. The lowest BCUT2D eigenvalue weighted by Gasteiger charge is -2.48. The first-order valence-electron chi connectivity index (χ1n) is 7.70. The summed E-state index contributed by atoms with van der Waals surface area (Å²) in [6.07, 6.45) is 1.42. The molecule has 0 aromatic carbocycles. The molecule has 0 amide bonds. The third-order valence-corrected chi connectivity index (χ3v) is 5.51. The van der Waals surface area contributed by atoms with Gasteiger partial charge in [-0.05, 0) is 31.6 Å². The van der Waals surface area contributed by atoms with E-state index in [0.717, 1.165) is 12.8 Å². The topological polar surface area (TPSA) is 78.9 Å². The van der Waals surface area contributed by atoms with Gasteiger partial charge >= 0.3 is 17.9 Å². The summed E-state index contributed by atoms with van der Waals surface area (Å²) in [6, 6.07) is 0. The summed E-state index contributed by atoms with van der Waals surface area (Å²) in [5.41, 5.74) is 0.233. The van der Waals surface area contributed by atoms with Crippen molar-refractivity contribution < 1.29 is 28.6 Å². The second-order valence-corrected chi connectivity index (χ2v) is 6.87. The maximum absolute atomic E-state index is 12.0. The Bertz CT molecular complexity index is 581. The van der Waals surface area contributed by atoms with E-state index < -0.39 is 18.5 Å². The van der Waals surface area contributed by atoms with Gasteiger partial charge in [-0.3, -0.25) is 4.79 Å². The molecule has 7 unspecified atom stereocenters. The van der Waals surface area contributed by atoms with Gasteiger partial charge in [-0.25, -0.2) is 9.59 Å². The first kappa shape index (κ1) is 13.8. The van der Waals surface area contributed by atoms with E-state index in [9.17, 15) is 14.4 Å². The van der Waals surface area contributed by atoms with Gasteiger partial charge in [0, 0.05) is 17.4 Å². The Morgan fingerprint density at radius 2 is 2.05 bits per heavy atom. The number of carbonyl (C=O) groups excluding carboxylic acids is 3. The molecule has 0 aromatic heterocycles. The fourth-order valence-corrected chi connectivity index (χ4v) is 4.44. The SMILES string of the molecule is C=C(C)C(=O)OCC(=O)OC1C2CC3CC3C3C(=O)OC1C23. The van der Waals surface area contributed by atoms with E-state index in [1.807, 2.05) is 0 Å². The smallest absolute Gasteiger partial charge is 0.344 e. The van der Waals surface area contributed by atoms with Crippen LogP contribution in [0.3, 0.4) is 0 Å². The molecular formula is C16H18O6. The van der Waals surface area contributed by atoms with Gasteiger partial charge in [0.1, 0.15) is 12.2 Å². The summed E-state index contributed by atoms with van der Waals surface area (Å²) in [4.78, 5) is 35.1. The fourth-order valence-electron chi connectivity index (χ4n) is 4.44. The quantitative estimate of drug-likeness (QED) is 0.435. The Kier molecular flexibility index (Phi) is 2.86. The molecular weight excluding hydrogens is 288 g/mol. The summed E-state index contributed by atoms with van der Waals surface area (Å²) in [5, 5.41) is 0. The van der Waals surface area contributed by atoms with Gasteiger partial charge in [0.05, 0.1) is 5.92 Å². The number of hydrogen-bond donors (Lipinski definition) is 0. The van der Waals surface area contributed by atoms with E-state index in [-0.39, 0.29) is 41.5 Å². The van der Waals surface area contributed by atoms with Gasteiger partial charge in [0.25, 0.3) is 0 Å². The zero-order valence-corrected chi connectivity index (χ0v) is 12.3. The van der Waals surface area contributed by atoms with Gasteiger partial charge in [-0.1, -0.05) is 6.58 Å². The Balaban J connectivity index is 1.36. The summed E-state index contributed by atoms with van der Waals surface area (Å²) >= 11 is 0. The van der Waals surface area contributed by atoms with Crippen LogP contribution in [-0.4, -0.2) is 36.7 Å².